The molecule has 1 heterocycles. The molecule has 1 aromatic carbocycles. The summed E-state index contributed by atoms with van der Waals surface area (Å²) in [5, 5.41) is 8.61. The summed E-state index contributed by atoms with van der Waals surface area (Å²) in [5.41, 5.74) is 0.0118. The molecule has 1 amide bonds. The van der Waals surface area contributed by atoms with Gasteiger partial charge in [0.15, 0.2) is 5.16 Å². The Hall–Kier alpha value is -2.03. The molecule has 5 nitrogen and oxygen atoms in total. The Labute approximate surface area is 160 Å². The number of hydrogen-bond donors (Lipinski definition) is 0. The molecule has 0 radical (unpaired) electrons. The number of amides is 1. The molecule has 0 atom stereocenters. The van der Waals surface area contributed by atoms with Gasteiger partial charge in [-0.25, -0.2) is 0 Å². The number of rotatable bonds is 7. The van der Waals surface area contributed by atoms with E-state index in [-0.39, 0.29) is 23.7 Å². The monoisotopic (exact) mass is 398 g/mol. The Morgan fingerprint density at radius 3 is 2.52 bits per heavy atom. The first-order chi connectivity index (χ1) is 12.8. The van der Waals surface area contributed by atoms with Crippen molar-refractivity contribution in [1.29, 1.82) is 0 Å². The fourth-order valence-electron chi connectivity index (χ4n) is 2.70. The molecule has 0 saturated heterocycles. The predicted octanol–water partition coefficient (Wildman–Crippen LogP) is 4.16. The lowest BCUT2D eigenvalue weighted by molar-refractivity contribution is -0.137. The zero-order chi connectivity index (χ0) is 19.6. The van der Waals surface area contributed by atoms with Crippen molar-refractivity contribution in [3.63, 3.8) is 0 Å². The first kappa shape index (κ1) is 19.7. The molecular weight excluding hydrogens is 377 g/mol. The van der Waals surface area contributed by atoms with Gasteiger partial charge in [-0.15, -0.1) is 10.2 Å². The molecule has 1 fully saturated rings. The molecular formula is C18H21F3N4OS. The van der Waals surface area contributed by atoms with E-state index in [2.05, 4.69) is 10.2 Å². The van der Waals surface area contributed by atoms with Crippen LogP contribution < -0.4 is 0 Å². The van der Waals surface area contributed by atoms with Crippen LogP contribution in [-0.2, 0) is 17.5 Å². The quantitative estimate of drug-likeness (QED) is 0.657. The highest BCUT2D eigenvalue weighted by molar-refractivity contribution is 7.99. The van der Waals surface area contributed by atoms with Crippen molar-refractivity contribution in [2.24, 2.45) is 0 Å². The Morgan fingerprint density at radius 2 is 1.96 bits per heavy atom. The molecule has 1 aliphatic carbocycles. The lowest BCUT2D eigenvalue weighted by atomic mass is 10.1. The SMILES string of the molecule is CC(C)n1cnnc1SCC(=O)N(Cc1ccc(C(F)(F)F)cc1)C1CC1. The highest BCUT2D eigenvalue weighted by Gasteiger charge is 2.33. The van der Waals surface area contributed by atoms with E-state index in [0.29, 0.717) is 17.3 Å². The van der Waals surface area contributed by atoms with Gasteiger partial charge >= 0.3 is 6.18 Å². The topological polar surface area (TPSA) is 51.0 Å². The largest absolute Gasteiger partial charge is 0.416 e. The maximum atomic E-state index is 12.7. The van der Waals surface area contributed by atoms with Crippen LogP contribution in [0.1, 0.15) is 43.9 Å². The van der Waals surface area contributed by atoms with E-state index in [4.69, 9.17) is 0 Å². The molecule has 146 valence electrons. The average Bonchev–Trinajstić information content (AvgIpc) is 3.33. The number of carbonyl (C=O) groups is 1. The van der Waals surface area contributed by atoms with E-state index in [1.807, 2.05) is 18.4 Å². The normalized spacial score (nSPS) is 14.6. The molecule has 1 saturated carbocycles. The summed E-state index contributed by atoms with van der Waals surface area (Å²) in [6.45, 7) is 4.34. The molecule has 1 aliphatic rings. The van der Waals surface area contributed by atoms with Gasteiger partial charge in [-0.3, -0.25) is 4.79 Å². The van der Waals surface area contributed by atoms with Gasteiger partial charge in [0.1, 0.15) is 6.33 Å². The third kappa shape index (κ3) is 5.03. The second-order valence-corrected chi connectivity index (χ2v) is 7.79. The Kier molecular flexibility index (Phi) is 5.78. The summed E-state index contributed by atoms with van der Waals surface area (Å²) in [6.07, 6.45) is -0.857. The van der Waals surface area contributed by atoms with Crippen LogP contribution in [0.5, 0.6) is 0 Å². The molecule has 3 rings (SSSR count). The van der Waals surface area contributed by atoms with E-state index in [1.165, 1.54) is 23.9 Å². The number of halogens is 3. The Bertz CT molecular complexity index is 785. The summed E-state index contributed by atoms with van der Waals surface area (Å²) >= 11 is 1.33. The van der Waals surface area contributed by atoms with E-state index in [1.54, 1.807) is 11.2 Å². The van der Waals surface area contributed by atoms with Crippen molar-refractivity contribution in [2.45, 2.75) is 56.7 Å². The van der Waals surface area contributed by atoms with E-state index in [0.717, 1.165) is 25.0 Å². The zero-order valence-electron chi connectivity index (χ0n) is 15.1. The minimum atomic E-state index is -4.35. The first-order valence-corrected chi connectivity index (χ1v) is 9.72. The van der Waals surface area contributed by atoms with Gasteiger partial charge < -0.3 is 9.47 Å². The molecule has 27 heavy (non-hydrogen) atoms. The number of alkyl halides is 3. The molecule has 0 spiro atoms. The number of thioether (sulfide) groups is 1. The van der Waals surface area contributed by atoms with Crippen LogP contribution in [0.4, 0.5) is 13.2 Å². The smallest absolute Gasteiger partial charge is 0.335 e. The number of aromatic nitrogens is 3. The number of carbonyl (C=O) groups excluding carboxylic acids is 1. The zero-order valence-corrected chi connectivity index (χ0v) is 15.9. The number of benzene rings is 1. The van der Waals surface area contributed by atoms with E-state index in [9.17, 15) is 18.0 Å². The minimum absolute atomic E-state index is 0.0410. The van der Waals surface area contributed by atoms with Crippen molar-refractivity contribution in [1.82, 2.24) is 19.7 Å². The van der Waals surface area contributed by atoms with Crippen molar-refractivity contribution in [2.75, 3.05) is 5.75 Å². The summed E-state index contributed by atoms with van der Waals surface area (Å²) in [7, 11) is 0. The molecule has 0 aliphatic heterocycles. The second kappa shape index (κ2) is 7.92. The van der Waals surface area contributed by atoms with Gasteiger partial charge in [-0.05, 0) is 44.4 Å². The summed E-state index contributed by atoms with van der Waals surface area (Å²) in [4.78, 5) is 14.5. The van der Waals surface area contributed by atoms with E-state index >= 15 is 0 Å². The molecule has 9 heteroatoms. The van der Waals surface area contributed by atoms with Gasteiger partial charge in [-0.2, -0.15) is 13.2 Å². The molecule has 1 aromatic heterocycles. The van der Waals surface area contributed by atoms with Crippen LogP contribution in [-0.4, -0.2) is 37.4 Å². The van der Waals surface area contributed by atoms with Crippen molar-refractivity contribution >= 4 is 17.7 Å². The highest BCUT2D eigenvalue weighted by atomic mass is 32.2. The van der Waals surface area contributed by atoms with Gasteiger partial charge in [0, 0.05) is 18.6 Å². The predicted molar refractivity (Wildman–Crippen MR) is 96.1 cm³/mol. The summed E-state index contributed by atoms with van der Waals surface area (Å²) in [5.74, 6) is 0.184. The van der Waals surface area contributed by atoms with Crippen molar-refractivity contribution in [3.8, 4) is 0 Å². The highest BCUT2D eigenvalue weighted by Crippen LogP contribution is 2.32. The lowest BCUT2D eigenvalue weighted by Crippen LogP contribution is -2.34. The summed E-state index contributed by atoms with van der Waals surface area (Å²) in [6, 6.07) is 5.37. The number of hydrogen-bond acceptors (Lipinski definition) is 4. The van der Waals surface area contributed by atoms with Crippen LogP contribution in [0.3, 0.4) is 0 Å². The van der Waals surface area contributed by atoms with Crippen LogP contribution in [0.2, 0.25) is 0 Å². The van der Waals surface area contributed by atoms with Gasteiger partial charge in [-0.1, -0.05) is 23.9 Å². The van der Waals surface area contributed by atoms with Crippen molar-refractivity contribution in [3.05, 3.63) is 41.7 Å². The number of nitrogens with zero attached hydrogens (tertiary/aromatic N) is 4. The molecule has 2 aromatic rings. The molecule has 0 unspecified atom stereocenters. The molecule has 0 N–H and O–H groups in total. The lowest BCUT2D eigenvalue weighted by Gasteiger charge is -2.23. The van der Waals surface area contributed by atoms with Crippen LogP contribution in [0, 0.1) is 0 Å². The van der Waals surface area contributed by atoms with Crippen molar-refractivity contribution < 1.29 is 18.0 Å². The third-order valence-corrected chi connectivity index (χ3v) is 5.31. The van der Waals surface area contributed by atoms with Crippen LogP contribution in [0.15, 0.2) is 35.7 Å². The second-order valence-electron chi connectivity index (χ2n) is 6.85. The summed E-state index contributed by atoms with van der Waals surface area (Å²) < 4.78 is 40.0. The van der Waals surface area contributed by atoms with Gasteiger partial charge in [0.2, 0.25) is 5.91 Å². The van der Waals surface area contributed by atoms with E-state index < -0.39 is 11.7 Å². The Balaban J connectivity index is 1.63. The Morgan fingerprint density at radius 1 is 1.30 bits per heavy atom. The van der Waals surface area contributed by atoms with Gasteiger partial charge in [0.05, 0.1) is 11.3 Å². The maximum absolute atomic E-state index is 12.7. The average molecular weight is 398 g/mol. The van der Waals surface area contributed by atoms with Gasteiger partial charge in [0.25, 0.3) is 0 Å². The standard InChI is InChI=1S/C18H21F3N4OS/c1-12(2)25-11-22-23-17(25)27-10-16(26)24(15-7-8-15)9-13-3-5-14(6-4-13)18(19,20)21/h3-6,11-12,15H,7-10H2,1-2H3. The maximum Gasteiger partial charge on any atom is 0.416 e. The fraction of sp³-hybridized carbons (Fsp3) is 0.500. The van der Waals surface area contributed by atoms with Crippen LogP contribution in [0.25, 0.3) is 0 Å². The molecule has 0 bridgehead atoms. The fourth-order valence-corrected chi connectivity index (χ4v) is 3.63. The first-order valence-electron chi connectivity index (χ1n) is 8.73. The third-order valence-electron chi connectivity index (χ3n) is 4.36. The minimum Gasteiger partial charge on any atom is -0.335 e. The van der Waals surface area contributed by atoms with Crippen LogP contribution >= 0.6 is 11.8 Å².